The Balaban J connectivity index is 1.83. The van der Waals surface area contributed by atoms with E-state index in [9.17, 15) is 0 Å². The Morgan fingerprint density at radius 1 is 0.567 bits per heavy atom. The van der Waals surface area contributed by atoms with Gasteiger partial charge in [-0.2, -0.15) is 10.5 Å². The van der Waals surface area contributed by atoms with Crippen molar-refractivity contribution in [3.8, 4) is 12.1 Å². The SMILES string of the molecule is [C-]#[N+]c1nc2nc3cc4nc5nc(C#N)c(C#N)nc5nc4cc3nc2nc1[N+]#[C-]. The zero-order chi connectivity index (χ0) is 20.8. The van der Waals surface area contributed by atoms with Gasteiger partial charge in [-0.05, 0) is 12.1 Å². The van der Waals surface area contributed by atoms with Crippen molar-refractivity contribution < 1.29 is 0 Å². The summed E-state index contributed by atoms with van der Waals surface area (Å²) in [5.74, 6) is -0.296. The van der Waals surface area contributed by atoms with Crippen LogP contribution in [0, 0.1) is 35.8 Å². The summed E-state index contributed by atoms with van der Waals surface area (Å²) in [6.45, 7) is 14.3. The number of hydrogen-bond acceptors (Lipinski definition) is 10. The molecule has 0 saturated heterocycles. The molecule has 0 aliphatic carbocycles. The van der Waals surface area contributed by atoms with E-state index in [-0.39, 0.29) is 45.6 Å². The van der Waals surface area contributed by atoms with Crippen molar-refractivity contribution in [2.45, 2.75) is 0 Å². The molecule has 0 bridgehead atoms. The highest BCUT2D eigenvalue weighted by atomic mass is 15.1. The van der Waals surface area contributed by atoms with Gasteiger partial charge in [0, 0.05) is 0 Å². The summed E-state index contributed by atoms with van der Waals surface area (Å²) in [5, 5.41) is 18.2. The molecule has 0 unspecified atom stereocenters. The average molecular weight is 386 g/mol. The maximum absolute atomic E-state index is 9.12. The van der Waals surface area contributed by atoms with Crippen LogP contribution < -0.4 is 0 Å². The minimum atomic E-state index is -0.148. The van der Waals surface area contributed by atoms with Crippen LogP contribution in [-0.2, 0) is 0 Å². The summed E-state index contributed by atoms with van der Waals surface area (Å²) in [4.78, 5) is 40.1. The first kappa shape index (κ1) is 16.7. The third-order valence-electron chi connectivity index (χ3n) is 4.08. The zero-order valence-electron chi connectivity index (χ0n) is 14.5. The second kappa shape index (κ2) is 6.03. The Labute approximate surface area is 165 Å². The Bertz CT molecular complexity index is 1490. The van der Waals surface area contributed by atoms with E-state index < -0.39 is 0 Å². The van der Waals surface area contributed by atoms with Gasteiger partial charge in [-0.25, -0.2) is 29.9 Å². The van der Waals surface area contributed by atoms with Crippen molar-refractivity contribution in [1.82, 2.24) is 39.9 Å². The van der Waals surface area contributed by atoms with Crippen LogP contribution in [0.25, 0.3) is 54.3 Å². The van der Waals surface area contributed by atoms with Crippen LogP contribution in [0.1, 0.15) is 11.4 Å². The highest BCUT2D eigenvalue weighted by Gasteiger charge is 2.18. The number of hydrogen-bond donors (Lipinski definition) is 0. The topological polar surface area (TPSA) is 159 Å². The van der Waals surface area contributed by atoms with Crippen LogP contribution in [0.3, 0.4) is 0 Å². The molecule has 4 heterocycles. The van der Waals surface area contributed by atoms with Crippen molar-refractivity contribution in [3.63, 3.8) is 0 Å². The summed E-state index contributed by atoms with van der Waals surface area (Å²) < 4.78 is 0. The molecule has 0 N–H and O–H groups in total. The van der Waals surface area contributed by atoms with Crippen LogP contribution in [-0.4, -0.2) is 39.9 Å². The van der Waals surface area contributed by atoms with Gasteiger partial charge < -0.3 is 9.69 Å². The normalized spacial score (nSPS) is 10.5. The van der Waals surface area contributed by atoms with Crippen molar-refractivity contribution in [3.05, 3.63) is 46.4 Å². The van der Waals surface area contributed by atoms with Crippen LogP contribution in [0.4, 0.5) is 11.6 Å². The van der Waals surface area contributed by atoms with Crippen LogP contribution in [0.2, 0.25) is 0 Å². The standard InChI is InChI=1S/C18H2N12/c1-21-13-14(22-2)30-18-17(29-13)25-9-3-7-8(4-10(9)26-18)24-16-15(23-7)27-11(5-19)12(6-20)28-16/h3-4H. The molecule has 1 aromatic carbocycles. The first-order valence-electron chi connectivity index (χ1n) is 8.07. The van der Waals surface area contributed by atoms with E-state index in [0.717, 1.165) is 0 Å². The molecule has 5 rings (SSSR count). The van der Waals surface area contributed by atoms with Gasteiger partial charge in [0.1, 0.15) is 12.1 Å². The first-order chi connectivity index (χ1) is 14.6. The monoisotopic (exact) mass is 386 g/mol. The van der Waals surface area contributed by atoms with Gasteiger partial charge in [0.25, 0.3) is 11.6 Å². The van der Waals surface area contributed by atoms with Crippen molar-refractivity contribution in [2.24, 2.45) is 0 Å². The lowest BCUT2D eigenvalue weighted by Crippen LogP contribution is -2.00. The van der Waals surface area contributed by atoms with Gasteiger partial charge in [-0.3, -0.25) is 0 Å². The zero-order valence-corrected chi connectivity index (χ0v) is 14.5. The third kappa shape index (κ3) is 2.36. The lowest BCUT2D eigenvalue weighted by Gasteiger charge is -2.03. The average Bonchev–Trinajstić information content (AvgIpc) is 2.78. The van der Waals surface area contributed by atoms with Crippen molar-refractivity contribution in [1.29, 1.82) is 10.5 Å². The molecular weight excluding hydrogens is 384 g/mol. The fourth-order valence-corrected chi connectivity index (χ4v) is 2.79. The molecule has 12 nitrogen and oxygen atoms in total. The van der Waals surface area contributed by atoms with Gasteiger partial charge >= 0.3 is 11.3 Å². The molecule has 5 aromatic rings. The fraction of sp³-hybridized carbons (Fsp3) is 0. The van der Waals surface area contributed by atoms with Crippen molar-refractivity contribution in [2.75, 3.05) is 0 Å². The smallest absolute Gasteiger partial charge is 0.316 e. The quantitative estimate of drug-likeness (QED) is 0.285. The van der Waals surface area contributed by atoms with E-state index in [4.69, 9.17) is 23.7 Å². The number of benzene rings is 1. The molecule has 0 saturated carbocycles. The van der Waals surface area contributed by atoms with E-state index in [1.165, 1.54) is 0 Å². The predicted octanol–water partition coefficient (Wildman–Crippen LogP) is 2.30. The molecule has 0 atom stereocenters. The predicted molar refractivity (Wildman–Crippen MR) is 101 cm³/mol. The van der Waals surface area contributed by atoms with E-state index >= 15 is 0 Å². The van der Waals surface area contributed by atoms with Gasteiger partial charge in [-0.1, -0.05) is 13.1 Å². The largest absolute Gasteiger partial charge is 0.370 e. The third-order valence-corrected chi connectivity index (χ3v) is 4.08. The molecule has 0 amide bonds. The summed E-state index contributed by atoms with van der Waals surface area (Å²) >= 11 is 0. The molecule has 0 spiro atoms. The number of nitriles is 2. The molecule has 4 aromatic heterocycles. The van der Waals surface area contributed by atoms with Crippen molar-refractivity contribution >= 4 is 56.3 Å². The maximum Gasteiger partial charge on any atom is 0.316 e. The highest BCUT2D eigenvalue weighted by molar-refractivity contribution is 5.95. The van der Waals surface area contributed by atoms with Crippen LogP contribution >= 0.6 is 0 Å². The second-order valence-electron chi connectivity index (χ2n) is 5.81. The van der Waals surface area contributed by atoms with E-state index in [1.54, 1.807) is 12.1 Å². The molecule has 30 heavy (non-hydrogen) atoms. The van der Waals surface area contributed by atoms with E-state index in [2.05, 4.69) is 49.6 Å². The molecule has 0 aliphatic rings. The Hall–Kier alpha value is -5.46. The van der Waals surface area contributed by atoms with Gasteiger partial charge in [0.2, 0.25) is 0 Å². The molecule has 0 radical (unpaired) electrons. The summed E-state index contributed by atoms with van der Waals surface area (Å²) in [6.07, 6.45) is 0. The Morgan fingerprint density at radius 3 is 1.20 bits per heavy atom. The van der Waals surface area contributed by atoms with Gasteiger partial charge in [0.15, 0.2) is 22.7 Å². The van der Waals surface area contributed by atoms with E-state index in [0.29, 0.717) is 22.1 Å². The second-order valence-corrected chi connectivity index (χ2v) is 5.81. The van der Waals surface area contributed by atoms with Crippen LogP contribution in [0.15, 0.2) is 12.1 Å². The maximum atomic E-state index is 9.12. The first-order valence-corrected chi connectivity index (χ1v) is 8.07. The van der Waals surface area contributed by atoms with Gasteiger partial charge in [0.05, 0.1) is 22.1 Å². The molecular formula is C18H2N12. The summed E-state index contributed by atoms with van der Waals surface area (Å²) in [7, 11) is 0. The fourth-order valence-electron chi connectivity index (χ4n) is 2.79. The summed E-state index contributed by atoms with van der Waals surface area (Å²) in [6, 6.07) is 6.84. The number of rotatable bonds is 0. The minimum Gasteiger partial charge on any atom is -0.370 e. The number of fused-ring (bicyclic) bond motifs is 4. The lowest BCUT2D eigenvalue weighted by atomic mass is 10.2. The highest BCUT2D eigenvalue weighted by Crippen LogP contribution is 2.27. The van der Waals surface area contributed by atoms with E-state index in [1.807, 2.05) is 12.1 Å². The Kier molecular flexibility index (Phi) is 3.35. The van der Waals surface area contributed by atoms with Crippen LogP contribution in [0.5, 0.6) is 0 Å². The lowest BCUT2D eigenvalue weighted by molar-refractivity contribution is 1.14. The van der Waals surface area contributed by atoms with Gasteiger partial charge in [-0.15, -0.1) is 9.97 Å². The Morgan fingerprint density at radius 2 is 0.900 bits per heavy atom. The molecule has 0 fully saturated rings. The minimum absolute atomic E-state index is 0.114. The summed E-state index contributed by atoms with van der Waals surface area (Å²) in [5.41, 5.74) is 1.89. The molecule has 134 valence electrons. The molecule has 0 aliphatic heterocycles. The molecule has 12 heteroatoms. The number of nitrogens with zero attached hydrogens (tertiary/aromatic N) is 12. The number of aromatic nitrogens is 8.